The number of halogens is 1. The molecule has 1 amide bonds. The number of carbonyl (C=O) groups excluding carboxylic acids is 1. The molecular formula is C19H19ClN4O2. The van der Waals surface area contributed by atoms with E-state index >= 15 is 0 Å². The lowest BCUT2D eigenvalue weighted by molar-refractivity contribution is -0.127. The summed E-state index contributed by atoms with van der Waals surface area (Å²) in [6, 6.07) is 14.5. The summed E-state index contributed by atoms with van der Waals surface area (Å²) in [5.41, 5.74) is 1.89. The van der Waals surface area contributed by atoms with Crippen LogP contribution in [0.1, 0.15) is 25.5 Å². The van der Waals surface area contributed by atoms with E-state index in [1.54, 1.807) is 42.2 Å². The third kappa shape index (κ3) is 4.40. The second-order valence-corrected chi connectivity index (χ2v) is 6.31. The summed E-state index contributed by atoms with van der Waals surface area (Å²) < 4.78 is 7.32. The van der Waals surface area contributed by atoms with Gasteiger partial charge in [0.2, 0.25) is 0 Å². The fraction of sp³-hybridized carbons (Fsp3) is 0.211. The Hall–Kier alpha value is -2.86. The molecule has 0 aliphatic heterocycles. The average molecular weight is 371 g/mol. The smallest absolute Gasteiger partial charge is 0.261 e. The van der Waals surface area contributed by atoms with Crippen molar-refractivity contribution >= 4 is 17.5 Å². The molecule has 6 nitrogen and oxygen atoms in total. The lowest BCUT2D eigenvalue weighted by Crippen LogP contribution is -2.37. The number of nitrogens with one attached hydrogen (secondary N) is 1. The van der Waals surface area contributed by atoms with Gasteiger partial charge in [-0.2, -0.15) is 5.10 Å². The Labute approximate surface area is 156 Å². The number of amides is 1. The van der Waals surface area contributed by atoms with Gasteiger partial charge in [0.05, 0.1) is 11.7 Å². The van der Waals surface area contributed by atoms with Crippen molar-refractivity contribution in [2.45, 2.75) is 26.0 Å². The summed E-state index contributed by atoms with van der Waals surface area (Å²) in [4.78, 5) is 16.3. The molecule has 0 saturated heterocycles. The van der Waals surface area contributed by atoms with Gasteiger partial charge in [-0.15, -0.1) is 0 Å². The van der Waals surface area contributed by atoms with Gasteiger partial charge in [0.25, 0.3) is 5.91 Å². The standard InChI is InChI=1S/C19H19ClN4O2/c1-13(15-3-7-17(8-4-15)24-12-21-11-22-24)23-19(25)14(2)26-18-9-5-16(20)6-10-18/h3-14H,1-2H3,(H,23,25)/t13-,14-/m0/s1. The highest BCUT2D eigenvalue weighted by molar-refractivity contribution is 6.30. The number of nitrogens with zero attached hydrogens (tertiary/aromatic N) is 3. The van der Waals surface area contributed by atoms with Crippen LogP contribution in [0.15, 0.2) is 61.2 Å². The average Bonchev–Trinajstić information content (AvgIpc) is 3.18. The summed E-state index contributed by atoms with van der Waals surface area (Å²) in [6.07, 6.45) is 2.50. The van der Waals surface area contributed by atoms with Crippen molar-refractivity contribution in [3.8, 4) is 11.4 Å². The van der Waals surface area contributed by atoms with Crippen molar-refractivity contribution in [2.24, 2.45) is 0 Å². The van der Waals surface area contributed by atoms with Crippen LogP contribution in [0.5, 0.6) is 5.75 Å². The second kappa shape index (κ2) is 8.01. The molecule has 0 aliphatic carbocycles. The summed E-state index contributed by atoms with van der Waals surface area (Å²) in [7, 11) is 0. The molecule has 0 unspecified atom stereocenters. The van der Waals surface area contributed by atoms with Crippen molar-refractivity contribution in [2.75, 3.05) is 0 Å². The van der Waals surface area contributed by atoms with E-state index in [2.05, 4.69) is 15.4 Å². The molecule has 0 fully saturated rings. The Morgan fingerprint density at radius 2 is 1.81 bits per heavy atom. The molecule has 0 bridgehead atoms. The highest BCUT2D eigenvalue weighted by Gasteiger charge is 2.17. The molecule has 0 aliphatic rings. The summed E-state index contributed by atoms with van der Waals surface area (Å²) >= 11 is 5.85. The van der Waals surface area contributed by atoms with Gasteiger partial charge in [-0.3, -0.25) is 4.79 Å². The number of ether oxygens (including phenoxy) is 1. The first kappa shape index (κ1) is 17.9. The van der Waals surface area contributed by atoms with Crippen LogP contribution in [0.4, 0.5) is 0 Å². The second-order valence-electron chi connectivity index (χ2n) is 5.88. The van der Waals surface area contributed by atoms with Crippen LogP contribution in [0.25, 0.3) is 5.69 Å². The number of benzene rings is 2. The molecule has 1 heterocycles. The van der Waals surface area contributed by atoms with Crippen LogP contribution in [-0.4, -0.2) is 26.8 Å². The molecule has 3 aromatic rings. The first-order chi connectivity index (χ1) is 12.5. The monoisotopic (exact) mass is 370 g/mol. The van der Waals surface area contributed by atoms with Crippen LogP contribution in [0.2, 0.25) is 5.02 Å². The predicted molar refractivity (Wildman–Crippen MR) is 99.5 cm³/mol. The van der Waals surface area contributed by atoms with E-state index in [1.165, 1.54) is 6.33 Å². The topological polar surface area (TPSA) is 69.0 Å². The number of aromatic nitrogens is 3. The minimum Gasteiger partial charge on any atom is -0.481 e. The highest BCUT2D eigenvalue weighted by Crippen LogP contribution is 2.18. The highest BCUT2D eigenvalue weighted by atomic mass is 35.5. The van der Waals surface area contributed by atoms with E-state index in [0.29, 0.717) is 10.8 Å². The van der Waals surface area contributed by atoms with Crippen LogP contribution in [0.3, 0.4) is 0 Å². The Bertz CT molecular complexity index is 848. The van der Waals surface area contributed by atoms with Gasteiger partial charge in [-0.1, -0.05) is 23.7 Å². The number of carbonyl (C=O) groups is 1. The summed E-state index contributed by atoms with van der Waals surface area (Å²) in [5, 5.41) is 7.67. The van der Waals surface area contributed by atoms with Crippen molar-refractivity contribution in [1.29, 1.82) is 0 Å². The molecule has 1 aromatic heterocycles. The van der Waals surface area contributed by atoms with E-state index in [1.807, 2.05) is 31.2 Å². The fourth-order valence-corrected chi connectivity index (χ4v) is 2.57. The van der Waals surface area contributed by atoms with Crippen LogP contribution < -0.4 is 10.1 Å². The number of hydrogen-bond acceptors (Lipinski definition) is 4. The molecule has 7 heteroatoms. The van der Waals surface area contributed by atoms with Gasteiger partial charge >= 0.3 is 0 Å². The minimum atomic E-state index is -0.618. The molecule has 134 valence electrons. The third-order valence-corrected chi connectivity index (χ3v) is 4.18. The van der Waals surface area contributed by atoms with Crippen LogP contribution in [-0.2, 0) is 4.79 Å². The van der Waals surface area contributed by atoms with E-state index in [9.17, 15) is 4.79 Å². The fourth-order valence-electron chi connectivity index (χ4n) is 2.44. The summed E-state index contributed by atoms with van der Waals surface area (Å²) in [6.45, 7) is 3.64. The zero-order chi connectivity index (χ0) is 18.5. The molecule has 2 aromatic carbocycles. The first-order valence-corrected chi connectivity index (χ1v) is 8.58. The zero-order valence-corrected chi connectivity index (χ0v) is 15.2. The normalized spacial score (nSPS) is 13.0. The molecular weight excluding hydrogens is 352 g/mol. The quantitative estimate of drug-likeness (QED) is 0.720. The number of rotatable bonds is 6. The molecule has 3 rings (SSSR count). The maximum absolute atomic E-state index is 12.4. The zero-order valence-electron chi connectivity index (χ0n) is 14.5. The van der Waals surface area contributed by atoms with Gasteiger partial charge in [0.15, 0.2) is 6.10 Å². The van der Waals surface area contributed by atoms with Crippen LogP contribution in [0, 0.1) is 0 Å². The van der Waals surface area contributed by atoms with Gasteiger partial charge in [0, 0.05) is 5.02 Å². The first-order valence-electron chi connectivity index (χ1n) is 8.20. The van der Waals surface area contributed by atoms with Crippen molar-refractivity contribution in [3.63, 3.8) is 0 Å². The van der Waals surface area contributed by atoms with Crippen molar-refractivity contribution < 1.29 is 9.53 Å². The maximum Gasteiger partial charge on any atom is 0.261 e. The van der Waals surface area contributed by atoms with E-state index in [4.69, 9.17) is 16.3 Å². The van der Waals surface area contributed by atoms with E-state index in [0.717, 1.165) is 11.3 Å². The Balaban J connectivity index is 1.58. The summed E-state index contributed by atoms with van der Waals surface area (Å²) in [5.74, 6) is 0.412. The largest absolute Gasteiger partial charge is 0.481 e. The van der Waals surface area contributed by atoms with Gasteiger partial charge < -0.3 is 10.1 Å². The van der Waals surface area contributed by atoms with Gasteiger partial charge in [-0.05, 0) is 55.8 Å². The molecule has 26 heavy (non-hydrogen) atoms. The Morgan fingerprint density at radius 1 is 1.12 bits per heavy atom. The van der Waals surface area contributed by atoms with Crippen molar-refractivity contribution in [1.82, 2.24) is 20.1 Å². The Morgan fingerprint density at radius 3 is 2.42 bits per heavy atom. The van der Waals surface area contributed by atoms with Crippen molar-refractivity contribution in [3.05, 3.63) is 71.8 Å². The van der Waals surface area contributed by atoms with Gasteiger partial charge in [0.1, 0.15) is 18.4 Å². The van der Waals surface area contributed by atoms with Gasteiger partial charge in [-0.25, -0.2) is 9.67 Å². The SMILES string of the molecule is C[C@H](Oc1ccc(Cl)cc1)C(=O)N[C@@H](C)c1ccc(-n2cncn2)cc1. The number of hydrogen-bond donors (Lipinski definition) is 1. The maximum atomic E-state index is 12.4. The molecule has 1 N–H and O–H groups in total. The molecule has 2 atom stereocenters. The predicted octanol–water partition coefficient (Wildman–Crippen LogP) is 3.57. The molecule has 0 saturated carbocycles. The van der Waals surface area contributed by atoms with E-state index < -0.39 is 6.10 Å². The Kier molecular flexibility index (Phi) is 5.53. The van der Waals surface area contributed by atoms with E-state index in [-0.39, 0.29) is 11.9 Å². The lowest BCUT2D eigenvalue weighted by Gasteiger charge is -2.19. The lowest BCUT2D eigenvalue weighted by atomic mass is 10.1. The van der Waals surface area contributed by atoms with Crippen LogP contribution >= 0.6 is 11.6 Å². The molecule has 0 radical (unpaired) electrons. The third-order valence-electron chi connectivity index (χ3n) is 3.93. The minimum absolute atomic E-state index is 0.149. The molecule has 0 spiro atoms.